The monoisotopic (exact) mass is 1090 g/mol. The third-order valence-electron chi connectivity index (χ3n) is 16.1. The molecule has 0 spiro atoms. The molecule has 412 valence electrons. The third-order valence-corrected chi connectivity index (χ3v) is 16.5. The second-order valence-corrected chi connectivity index (χ2v) is 21.9. The van der Waals surface area contributed by atoms with E-state index in [4.69, 9.17) is 21.6 Å². The number of carbonyl (C=O) groups excluding carboxylic acids is 3. The van der Waals surface area contributed by atoms with Gasteiger partial charge in [0.05, 0.1) is 47.0 Å². The second kappa shape index (κ2) is 24.0. The van der Waals surface area contributed by atoms with Gasteiger partial charge in [0, 0.05) is 93.9 Å². The molecule has 5 N–H and O–H groups in total. The maximum absolute atomic E-state index is 13.8. The van der Waals surface area contributed by atoms with Gasteiger partial charge >= 0.3 is 5.69 Å². The van der Waals surface area contributed by atoms with E-state index in [2.05, 4.69) is 66.4 Å². The first-order valence-corrected chi connectivity index (χ1v) is 27.9. The minimum Gasteiger partial charge on any atom is -0.508 e. The molecule has 0 radical (unpaired) electrons. The Morgan fingerprint density at radius 3 is 2.42 bits per heavy atom. The third kappa shape index (κ3) is 11.9. The Morgan fingerprint density at radius 2 is 1.68 bits per heavy atom. The molecular weight excluding hydrogens is 1020 g/mol. The van der Waals surface area contributed by atoms with E-state index in [1.54, 1.807) is 11.0 Å². The lowest BCUT2D eigenvalue weighted by Crippen LogP contribution is -2.55. The van der Waals surface area contributed by atoms with Crippen molar-refractivity contribution in [1.82, 2.24) is 44.7 Å². The minimum atomic E-state index is -0.447. The van der Waals surface area contributed by atoms with Crippen molar-refractivity contribution in [2.75, 3.05) is 80.6 Å². The number of aromatic hydroxyl groups is 2. The molecule has 4 aliphatic heterocycles. The number of nitrogens with zero attached hydrogens (tertiary/aromatic N) is 10. The number of benzene rings is 4. The Bertz CT molecular complexity index is 3330. The molecule has 3 fully saturated rings. The zero-order valence-corrected chi connectivity index (χ0v) is 45.6. The van der Waals surface area contributed by atoms with Gasteiger partial charge in [0.2, 0.25) is 23.7 Å². The minimum absolute atomic E-state index is 0.0142. The Hall–Kier alpha value is -7.95. The number of piperidine rings is 2. The number of nitrogens with one attached hydrogen (secondary N) is 3. The standard InChI is InChI=1S/C59H68ClN13O6/c1-4-53(77)72-30-29-71(35-43(72)15-22-61)55-44-21-28-70(49-10-6-8-40-7-5-9-47(60)54(40)49)36-48(44)64-58(65-55)62-23-16-52(76)63-33-38-17-26-69(27-18-38)57(78)41-19-24-68(25-20-41)34-39-11-13-42(14-12-39)73-56(66-67-59(73)79)46-31-45(37(2)3)50(74)32-51(46)75/h4-14,31-32,37-38,41,43,74-75H,1,15-21,23-30,33-36H2,2-3H3,(H,63,76)(H,67,79)(H,62,64,65)/t43-/m1/s1. The molecule has 4 aliphatic rings. The maximum atomic E-state index is 13.8. The van der Waals surface area contributed by atoms with Crippen molar-refractivity contribution < 1.29 is 24.6 Å². The van der Waals surface area contributed by atoms with Crippen molar-refractivity contribution in [2.24, 2.45) is 11.8 Å². The number of aromatic amines is 1. The Morgan fingerprint density at radius 1 is 0.924 bits per heavy atom. The van der Waals surface area contributed by atoms with Gasteiger partial charge in [-0.25, -0.2) is 19.4 Å². The van der Waals surface area contributed by atoms with E-state index < -0.39 is 5.69 Å². The van der Waals surface area contributed by atoms with Crippen LogP contribution in [0.2, 0.25) is 5.02 Å². The highest BCUT2D eigenvalue weighted by molar-refractivity contribution is 6.36. The van der Waals surface area contributed by atoms with Crippen molar-refractivity contribution in [3.05, 3.63) is 123 Å². The topological polar surface area (TPSA) is 232 Å². The van der Waals surface area contributed by atoms with E-state index in [-0.39, 0.29) is 71.7 Å². The number of hydrogen-bond acceptors (Lipinski definition) is 14. The summed E-state index contributed by atoms with van der Waals surface area (Å²) in [4.78, 5) is 73.4. The largest absolute Gasteiger partial charge is 0.508 e. The van der Waals surface area contributed by atoms with Crippen molar-refractivity contribution in [3.63, 3.8) is 0 Å². The van der Waals surface area contributed by atoms with Crippen molar-refractivity contribution in [3.8, 4) is 34.6 Å². The fourth-order valence-corrected chi connectivity index (χ4v) is 12.1. The highest BCUT2D eigenvalue weighted by Crippen LogP contribution is 2.39. The van der Waals surface area contributed by atoms with Gasteiger partial charge in [0.15, 0.2) is 5.82 Å². The zero-order valence-electron chi connectivity index (χ0n) is 44.8. The number of rotatable bonds is 16. The van der Waals surface area contributed by atoms with E-state index in [1.807, 2.05) is 61.2 Å². The Labute approximate surface area is 464 Å². The maximum Gasteiger partial charge on any atom is 0.348 e. The van der Waals surface area contributed by atoms with Crippen LogP contribution in [0.3, 0.4) is 0 Å². The van der Waals surface area contributed by atoms with Crippen LogP contribution in [-0.4, -0.2) is 139 Å². The molecule has 19 nitrogen and oxygen atoms in total. The predicted octanol–water partition coefficient (Wildman–Crippen LogP) is 7.11. The van der Waals surface area contributed by atoms with E-state index in [1.165, 1.54) is 16.7 Å². The van der Waals surface area contributed by atoms with Crippen molar-refractivity contribution in [1.29, 1.82) is 5.26 Å². The number of H-pyrrole nitrogens is 1. The number of anilines is 3. The lowest BCUT2D eigenvalue weighted by atomic mass is 9.92. The zero-order chi connectivity index (χ0) is 55.3. The van der Waals surface area contributed by atoms with E-state index in [0.29, 0.717) is 99.7 Å². The number of nitriles is 1. The number of fused-ring (bicyclic) bond motifs is 2. The molecule has 20 heteroatoms. The van der Waals surface area contributed by atoms with E-state index >= 15 is 0 Å². The molecule has 1 atom stereocenters. The van der Waals surface area contributed by atoms with Gasteiger partial charge in [-0.15, -0.1) is 0 Å². The van der Waals surface area contributed by atoms with Crippen LogP contribution in [0.25, 0.3) is 27.8 Å². The van der Waals surface area contributed by atoms with Crippen molar-refractivity contribution in [2.45, 2.75) is 83.8 Å². The van der Waals surface area contributed by atoms with E-state index in [0.717, 1.165) is 77.9 Å². The Kier molecular flexibility index (Phi) is 16.5. The fourth-order valence-electron chi connectivity index (χ4n) is 11.8. The summed E-state index contributed by atoms with van der Waals surface area (Å²) in [6.45, 7) is 14.6. The van der Waals surface area contributed by atoms with Gasteiger partial charge in [-0.1, -0.05) is 68.4 Å². The predicted molar refractivity (Wildman–Crippen MR) is 304 cm³/mol. The first-order chi connectivity index (χ1) is 38.3. The summed E-state index contributed by atoms with van der Waals surface area (Å²) in [5, 5.41) is 46.7. The number of carbonyl (C=O) groups is 3. The number of likely N-dealkylation sites (tertiary alicyclic amines) is 2. The van der Waals surface area contributed by atoms with Crippen LogP contribution in [-0.2, 0) is 33.9 Å². The molecule has 2 aromatic heterocycles. The first kappa shape index (κ1) is 54.4. The number of piperazine rings is 1. The summed E-state index contributed by atoms with van der Waals surface area (Å²) in [5.74, 6) is 1.39. The smallest absolute Gasteiger partial charge is 0.348 e. The van der Waals surface area contributed by atoms with Crippen LogP contribution in [0.1, 0.15) is 80.7 Å². The van der Waals surface area contributed by atoms with Crippen LogP contribution in [0.15, 0.2) is 90.2 Å². The molecule has 79 heavy (non-hydrogen) atoms. The lowest BCUT2D eigenvalue weighted by Gasteiger charge is -2.42. The number of amides is 3. The molecular formula is C59H68ClN13O6. The summed E-state index contributed by atoms with van der Waals surface area (Å²) in [6, 6.07) is 24.6. The second-order valence-electron chi connectivity index (χ2n) is 21.5. The van der Waals surface area contributed by atoms with Gasteiger partial charge in [0.1, 0.15) is 17.3 Å². The summed E-state index contributed by atoms with van der Waals surface area (Å²) in [6.07, 6.45) is 5.56. The summed E-state index contributed by atoms with van der Waals surface area (Å²) >= 11 is 6.78. The molecule has 6 aromatic rings. The number of phenolic OH excluding ortho intramolecular Hbond substituents is 2. The molecule has 0 bridgehead atoms. The average Bonchev–Trinajstić information content (AvgIpc) is 3.91. The Balaban J connectivity index is 0.693. The first-order valence-electron chi connectivity index (χ1n) is 27.5. The van der Waals surface area contributed by atoms with Gasteiger partial charge in [0.25, 0.3) is 0 Å². The van der Waals surface area contributed by atoms with E-state index in [9.17, 15) is 34.7 Å². The van der Waals surface area contributed by atoms with Crippen LogP contribution < -0.4 is 26.1 Å². The van der Waals surface area contributed by atoms with Gasteiger partial charge < -0.3 is 40.4 Å². The number of halogens is 1. The van der Waals surface area contributed by atoms with Gasteiger partial charge in [-0.05, 0) is 110 Å². The van der Waals surface area contributed by atoms with Crippen molar-refractivity contribution >= 4 is 57.5 Å². The summed E-state index contributed by atoms with van der Waals surface area (Å²) < 4.78 is 1.41. The molecule has 0 saturated carbocycles. The highest BCUT2D eigenvalue weighted by atomic mass is 35.5. The molecule has 3 saturated heterocycles. The normalized spacial score (nSPS) is 17.4. The molecule has 4 aromatic carbocycles. The average molecular weight is 1090 g/mol. The summed E-state index contributed by atoms with van der Waals surface area (Å²) in [7, 11) is 0. The molecule has 0 aliphatic carbocycles. The highest BCUT2D eigenvalue weighted by Gasteiger charge is 2.35. The van der Waals surface area contributed by atoms with Crippen LogP contribution in [0, 0.1) is 23.2 Å². The number of phenols is 2. The molecule has 0 unspecified atom stereocenters. The molecule has 3 amide bonds. The van der Waals surface area contributed by atoms with Gasteiger partial charge in [-0.3, -0.25) is 19.3 Å². The fraction of sp³-hybridized carbons (Fsp3) is 0.424. The molecule has 6 heterocycles. The quantitative estimate of drug-likeness (QED) is 0.0609. The summed E-state index contributed by atoms with van der Waals surface area (Å²) in [5.41, 5.74) is 5.10. The van der Waals surface area contributed by atoms with Crippen LogP contribution >= 0.6 is 11.6 Å². The van der Waals surface area contributed by atoms with Gasteiger partial charge in [-0.2, -0.15) is 15.3 Å². The number of aromatic nitrogens is 5. The van der Waals surface area contributed by atoms with Crippen LogP contribution in [0.5, 0.6) is 11.5 Å². The molecule has 10 rings (SSSR count). The number of hydrogen-bond donors (Lipinski definition) is 5. The SMILES string of the molecule is C=CC(=O)N1CCN(c2nc(NCCC(=O)NCC3CCN(C(=O)C4CCN(Cc5ccc(-n6c(-c7cc(C(C)C)c(O)cc7O)n[nH]c6=O)cc5)CC4)CC3)nc3c2CCN(c2cccc4cccc(Cl)c24)C3)C[C@H]1CC#N. The van der Waals surface area contributed by atoms with Crippen LogP contribution in [0.4, 0.5) is 17.5 Å². The lowest BCUT2D eigenvalue weighted by molar-refractivity contribution is -0.138.